The average molecular weight is 394 g/mol. The highest BCUT2D eigenvalue weighted by molar-refractivity contribution is 7.45. The first kappa shape index (κ1) is 26.4. The van der Waals surface area contributed by atoms with E-state index >= 15 is 0 Å². The largest absolute Gasteiger partial charge is 0.466 e. The van der Waals surface area contributed by atoms with E-state index in [1.54, 1.807) is 0 Å². The van der Waals surface area contributed by atoms with E-state index in [1.807, 2.05) is 0 Å². The summed E-state index contributed by atoms with van der Waals surface area (Å²) in [5, 5.41) is 0. The first-order chi connectivity index (χ1) is 10.8. The lowest BCUT2D eigenvalue weighted by Crippen LogP contribution is -2.08. The third kappa shape index (κ3) is 30.1. The minimum absolute atomic E-state index is 0.337. The summed E-state index contributed by atoms with van der Waals surface area (Å²) >= 11 is 0. The summed E-state index contributed by atoms with van der Waals surface area (Å²) in [6, 6.07) is 0. The second kappa shape index (κ2) is 13.4. The molecule has 1 unspecified atom stereocenters. The molecule has 0 bridgehead atoms. The summed E-state index contributed by atoms with van der Waals surface area (Å²) in [4.78, 5) is 43.1. The number of hydrogen-bond donors (Lipinski definition) is 6. The number of unbranched alkanes of at least 4 members (excludes halogenated alkanes) is 6. The molecule has 148 valence electrons. The average Bonchev–Trinajstić information content (AvgIpc) is 3.14. The fraction of sp³-hybridized carbons (Fsp3) is 1.00. The normalized spacial score (nSPS) is 19.7. The van der Waals surface area contributed by atoms with Gasteiger partial charge in [0, 0.05) is 0 Å². The molecule has 1 atom stereocenters. The first-order valence-corrected chi connectivity index (χ1v) is 11.2. The van der Waals surface area contributed by atoms with E-state index in [0.717, 1.165) is 6.61 Å². The third-order valence-electron chi connectivity index (χ3n) is 3.43. The van der Waals surface area contributed by atoms with Crippen LogP contribution in [0.4, 0.5) is 0 Å². The minimum Gasteiger partial charge on any atom is -0.370 e. The highest BCUT2D eigenvalue weighted by Gasteiger charge is 2.41. The molecular formula is C13H32O9P2. The van der Waals surface area contributed by atoms with E-state index in [4.69, 9.17) is 43.2 Å². The smallest absolute Gasteiger partial charge is 0.370 e. The van der Waals surface area contributed by atoms with E-state index in [-0.39, 0.29) is 0 Å². The molecule has 1 rings (SSSR count). The fourth-order valence-corrected chi connectivity index (χ4v) is 2.03. The van der Waals surface area contributed by atoms with Gasteiger partial charge in [0.15, 0.2) is 0 Å². The van der Waals surface area contributed by atoms with Gasteiger partial charge in [-0.05, 0) is 12.8 Å². The third-order valence-corrected chi connectivity index (χ3v) is 3.43. The van der Waals surface area contributed by atoms with E-state index < -0.39 is 15.6 Å². The Bertz CT molecular complexity index is 350. The molecule has 0 aliphatic carbocycles. The SMILES string of the molecule is CCCCCCCCCC1(CC)CO1.O=P(O)(O)O.O=P(O)(O)O. The van der Waals surface area contributed by atoms with Crippen molar-refractivity contribution in [3.8, 4) is 0 Å². The van der Waals surface area contributed by atoms with Crippen molar-refractivity contribution in [3.63, 3.8) is 0 Å². The Kier molecular flexibility index (Phi) is 14.7. The van der Waals surface area contributed by atoms with E-state index in [0.29, 0.717) is 5.60 Å². The molecule has 0 aromatic carbocycles. The number of ether oxygens (including phenoxy) is 1. The molecule has 0 spiro atoms. The second-order valence-electron chi connectivity index (χ2n) is 5.72. The van der Waals surface area contributed by atoms with Crippen molar-refractivity contribution in [2.24, 2.45) is 0 Å². The molecule has 0 saturated carbocycles. The molecule has 1 saturated heterocycles. The summed E-state index contributed by atoms with van der Waals surface area (Å²) in [6.45, 7) is 5.54. The molecule has 6 N–H and O–H groups in total. The molecule has 0 amide bonds. The van der Waals surface area contributed by atoms with Crippen molar-refractivity contribution in [3.05, 3.63) is 0 Å². The Morgan fingerprint density at radius 3 is 1.42 bits per heavy atom. The van der Waals surface area contributed by atoms with Crippen molar-refractivity contribution < 1.29 is 43.2 Å². The molecule has 11 heteroatoms. The zero-order valence-electron chi connectivity index (χ0n) is 14.4. The van der Waals surface area contributed by atoms with Crippen LogP contribution in [0.25, 0.3) is 0 Å². The van der Waals surface area contributed by atoms with Crippen LogP contribution in [0.3, 0.4) is 0 Å². The Morgan fingerprint density at radius 1 is 0.792 bits per heavy atom. The fourth-order valence-electron chi connectivity index (χ4n) is 2.03. The van der Waals surface area contributed by atoms with Gasteiger partial charge >= 0.3 is 15.6 Å². The highest BCUT2D eigenvalue weighted by atomic mass is 31.2. The molecule has 1 heterocycles. The monoisotopic (exact) mass is 394 g/mol. The van der Waals surface area contributed by atoms with Gasteiger partial charge in [0.25, 0.3) is 0 Å². The van der Waals surface area contributed by atoms with Crippen molar-refractivity contribution in [1.82, 2.24) is 0 Å². The van der Waals surface area contributed by atoms with E-state index in [2.05, 4.69) is 13.8 Å². The summed E-state index contributed by atoms with van der Waals surface area (Å²) in [6.07, 6.45) is 12.4. The lowest BCUT2D eigenvalue weighted by molar-refractivity contribution is 0.272. The van der Waals surface area contributed by atoms with Gasteiger partial charge < -0.3 is 34.1 Å². The standard InChI is InChI=1S/C13H26O.2H3O4P/c1-3-5-6-7-8-9-10-11-13(4-2)12-14-13;2*1-5(2,3)4/h3-12H2,1-2H3;2*(H3,1,2,3,4). The molecule has 0 radical (unpaired) electrons. The number of hydrogen-bond acceptors (Lipinski definition) is 3. The summed E-state index contributed by atoms with van der Waals surface area (Å²) < 4.78 is 23.3. The lowest BCUT2D eigenvalue weighted by Gasteiger charge is -2.07. The predicted octanol–water partition coefficient (Wildman–Crippen LogP) is 2.45. The van der Waals surface area contributed by atoms with Gasteiger partial charge in [0.1, 0.15) is 0 Å². The van der Waals surface area contributed by atoms with Crippen molar-refractivity contribution in [2.45, 2.75) is 77.2 Å². The molecular weight excluding hydrogens is 362 g/mol. The Hall–Kier alpha value is 0.180. The van der Waals surface area contributed by atoms with Crippen LogP contribution in [0.15, 0.2) is 0 Å². The minimum atomic E-state index is -4.64. The lowest BCUT2D eigenvalue weighted by atomic mass is 9.98. The summed E-state index contributed by atoms with van der Waals surface area (Å²) in [5.74, 6) is 0. The van der Waals surface area contributed by atoms with Crippen LogP contribution < -0.4 is 0 Å². The number of epoxide rings is 1. The zero-order chi connectivity index (χ0) is 19.3. The molecule has 0 aromatic rings. The number of phosphoric acid groups is 2. The molecule has 1 fully saturated rings. The second-order valence-corrected chi connectivity index (χ2v) is 7.78. The Balaban J connectivity index is 0. The van der Waals surface area contributed by atoms with Crippen LogP contribution in [0.2, 0.25) is 0 Å². The van der Waals surface area contributed by atoms with Gasteiger partial charge in [0.05, 0.1) is 12.2 Å². The molecule has 0 aromatic heterocycles. The van der Waals surface area contributed by atoms with Crippen LogP contribution in [0.1, 0.15) is 71.6 Å². The van der Waals surface area contributed by atoms with Gasteiger partial charge in [0.2, 0.25) is 0 Å². The van der Waals surface area contributed by atoms with E-state index in [9.17, 15) is 0 Å². The van der Waals surface area contributed by atoms with Gasteiger partial charge in [-0.15, -0.1) is 0 Å². The Labute approximate surface area is 143 Å². The highest BCUT2D eigenvalue weighted by Crippen LogP contribution is 2.36. The number of rotatable bonds is 9. The Morgan fingerprint density at radius 2 is 1.12 bits per heavy atom. The van der Waals surface area contributed by atoms with Crippen molar-refractivity contribution in [1.29, 1.82) is 0 Å². The molecule has 1 aliphatic heterocycles. The maximum Gasteiger partial charge on any atom is 0.466 e. The van der Waals surface area contributed by atoms with Gasteiger partial charge in [-0.3, -0.25) is 0 Å². The van der Waals surface area contributed by atoms with E-state index in [1.165, 1.54) is 57.8 Å². The van der Waals surface area contributed by atoms with Gasteiger partial charge in [-0.25, -0.2) is 9.13 Å². The van der Waals surface area contributed by atoms with Crippen LogP contribution in [0.5, 0.6) is 0 Å². The molecule has 9 nitrogen and oxygen atoms in total. The van der Waals surface area contributed by atoms with Crippen LogP contribution in [0, 0.1) is 0 Å². The van der Waals surface area contributed by atoms with Gasteiger partial charge in [-0.1, -0.05) is 58.8 Å². The maximum atomic E-state index is 8.88. The van der Waals surface area contributed by atoms with Crippen LogP contribution in [-0.4, -0.2) is 41.6 Å². The van der Waals surface area contributed by atoms with Crippen molar-refractivity contribution >= 4 is 15.6 Å². The zero-order valence-corrected chi connectivity index (χ0v) is 16.2. The molecule has 1 aliphatic rings. The van der Waals surface area contributed by atoms with Crippen molar-refractivity contribution in [2.75, 3.05) is 6.61 Å². The maximum absolute atomic E-state index is 8.88. The first-order valence-electron chi connectivity index (χ1n) is 8.03. The van der Waals surface area contributed by atoms with Gasteiger partial charge in [-0.2, -0.15) is 0 Å². The quantitative estimate of drug-likeness (QED) is 0.195. The predicted molar refractivity (Wildman–Crippen MR) is 90.1 cm³/mol. The van der Waals surface area contributed by atoms with Crippen LogP contribution in [-0.2, 0) is 13.9 Å². The topological polar surface area (TPSA) is 168 Å². The van der Waals surface area contributed by atoms with Crippen LogP contribution >= 0.6 is 15.6 Å². The summed E-state index contributed by atoms with van der Waals surface area (Å²) in [7, 11) is -9.28. The molecule has 24 heavy (non-hydrogen) atoms. The summed E-state index contributed by atoms with van der Waals surface area (Å²) in [5.41, 5.74) is 0.337.